The van der Waals surface area contributed by atoms with E-state index in [0.717, 1.165) is 16.1 Å². The molecule has 1 aromatic heterocycles. The van der Waals surface area contributed by atoms with E-state index in [1.165, 1.54) is 0 Å². The highest BCUT2D eigenvalue weighted by molar-refractivity contribution is 7.98. The van der Waals surface area contributed by atoms with E-state index >= 15 is 0 Å². The summed E-state index contributed by atoms with van der Waals surface area (Å²) in [6.45, 7) is 0.180. The number of carbonyl (C=O) groups is 2. The lowest BCUT2D eigenvalue weighted by molar-refractivity contribution is -0.150. The van der Waals surface area contributed by atoms with Crippen LogP contribution in [0.25, 0.3) is 11.5 Å². The van der Waals surface area contributed by atoms with E-state index in [4.69, 9.17) is 9.15 Å². The van der Waals surface area contributed by atoms with Crippen LogP contribution in [0.3, 0.4) is 0 Å². The van der Waals surface area contributed by atoms with Crippen LogP contribution in [0.1, 0.15) is 12.3 Å². The van der Waals surface area contributed by atoms with Crippen LogP contribution in [0.15, 0.2) is 63.9 Å². The minimum absolute atomic E-state index is 0.0886. The van der Waals surface area contributed by atoms with Crippen LogP contribution < -0.4 is 4.90 Å². The summed E-state index contributed by atoms with van der Waals surface area (Å²) in [7, 11) is 0. The van der Waals surface area contributed by atoms with Crippen molar-refractivity contribution in [3.63, 3.8) is 0 Å². The second-order valence-electron chi connectivity index (χ2n) is 6.58. The number of ether oxygens (including phenoxy) is 1. The van der Waals surface area contributed by atoms with Gasteiger partial charge in [-0.1, -0.05) is 24.3 Å². The number of benzene rings is 2. The fourth-order valence-electron chi connectivity index (χ4n) is 3.15. The summed E-state index contributed by atoms with van der Waals surface area (Å²) in [4.78, 5) is 27.5. The van der Waals surface area contributed by atoms with E-state index < -0.39 is 11.9 Å². The standard InChI is InChI=1S/C21H19N3O4S/c1-29-17-9-5-8-16(11-17)24-12-15(10-19(24)25)21(26)27-13-18-22-23-20(28-18)14-6-3-2-4-7-14/h2-9,11,15H,10,12-13H2,1H3/t15-/m1/s1. The first-order valence-corrected chi connectivity index (χ1v) is 10.4. The number of anilines is 1. The summed E-state index contributed by atoms with van der Waals surface area (Å²) in [6, 6.07) is 17.0. The molecule has 2 aromatic carbocycles. The normalized spacial score (nSPS) is 16.2. The van der Waals surface area contributed by atoms with E-state index in [1.807, 2.05) is 60.9 Å². The maximum Gasteiger partial charge on any atom is 0.311 e. The molecule has 0 unspecified atom stereocenters. The van der Waals surface area contributed by atoms with Gasteiger partial charge >= 0.3 is 5.97 Å². The van der Waals surface area contributed by atoms with Gasteiger partial charge in [0.1, 0.15) is 0 Å². The molecule has 0 saturated carbocycles. The quantitative estimate of drug-likeness (QED) is 0.454. The van der Waals surface area contributed by atoms with Crippen molar-refractivity contribution < 1.29 is 18.7 Å². The molecular weight excluding hydrogens is 390 g/mol. The Labute approximate surface area is 172 Å². The number of hydrogen-bond acceptors (Lipinski definition) is 7. The molecule has 1 aliphatic rings. The Morgan fingerprint density at radius 1 is 1.21 bits per heavy atom. The Balaban J connectivity index is 1.36. The average molecular weight is 409 g/mol. The van der Waals surface area contributed by atoms with Crippen molar-refractivity contribution in [2.24, 2.45) is 5.92 Å². The third-order valence-corrected chi connectivity index (χ3v) is 5.37. The highest BCUT2D eigenvalue weighted by atomic mass is 32.2. The van der Waals surface area contributed by atoms with Gasteiger partial charge in [0, 0.05) is 29.1 Å². The zero-order valence-electron chi connectivity index (χ0n) is 15.8. The second-order valence-corrected chi connectivity index (χ2v) is 7.46. The van der Waals surface area contributed by atoms with Crippen LogP contribution >= 0.6 is 11.8 Å². The van der Waals surface area contributed by atoms with Crippen molar-refractivity contribution in [2.45, 2.75) is 17.9 Å². The summed E-state index contributed by atoms with van der Waals surface area (Å²) in [5.41, 5.74) is 1.59. The van der Waals surface area contributed by atoms with Crippen LogP contribution in [0.4, 0.5) is 5.69 Å². The number of nitrogens with zero attached hydrogens (tertiary/aromatic N) is 3. The van der Waals surface area contributed by atoms with Crippen LogP contribution in [0, 0.1) is 5.92 Å². The second kappa shape index (κ2) is 8.48. The average Bonchev–Trinajstić information content (AvgIpc) is 3.39. The van der Waals surface area contributed by atoms with Crippen LogP contribution in [-0.4, -0.2) is 34.9 Å². The molecule has 7 nitrogen and oxygen atoms in total. The fraction of sp³-hybridized carbons (Fsp3) is 0.238. The Kier molecular flexibility index (Phi) is 5.62. The lowest BCUT2D eigenvalue weighted by atomic mass is 10.1. The van der Waals surface area contributed by atoms with Gasteiger partial charge in [0.05, 0.1) is 5.92 Å². The van der Waals surface area contributed by atoms with E-state index in [2.05, 4.69) is 10.2 Å². The molecule has 0 N–H and O–H groups in total. The molecule has 29 heavy (non-hydrogen) atoms. The first-order valence-electron chi connectivity index (χ1n) is 9.13. The summed E-state index contributed by atoms with van der Waals surface area (Å²) >= 11 is 1.60. The highest BCUT2D eigenvalue weighted by Gasteiger charge is 2.36. The predicted octanol–water partition coefficient (Wildman–Crippen LogP) is 3.55. The molecule has 0 bridgehead atoms. The van der Waals surface area contributed by atoms with Crippen LogP contribution in [0.2, 0.25) is 0 Å². The van der Waals surface area contributed by atoms with Gasteiger partial charge in [-0.3, -0.25) is 9.59 Å². The largest absolute Gasteiger partial charge is 0.455 e. The van der Waals surface area contributed by atoms with Crippen molar-refractivity contribution in [3.8, 4) is 11.5 Å². The molecule has 8 heteroatoms. The third-order valence-electron chi connectivity index (χ3n) is 4.65. The molecule has 148 valence electrons. The minimum Gasteiger partial charge on any atom is -0.455 e. The predicted molar refractivity (Wildman–Crippen MR) is 108 cm³/mol. The summed E-state index contributed by atoms with van der Waals surface area (Å²) in [5.74, 6) is -0.466. The van der Waals surface area contributed by atoms with Gasteiger partial charge in [0.25, 0.3) is 5.89 Å². The molecular formula is C21H19N3O4S. The molecule has 1 atom stereocenters. The van der Waals surface area contributed by atoms with Gasteiger partial charge in [-0.15, -0.1) is 22.0 Å². The van der Waals surface area contributed by atoms with Crippen molar-refractivity contribution >= 4 is 29.3 Å². The monoisotopic (exact) mass is 409 g/mol. The minimum atomic E-state index is -0.517. The molecule has 1 saturated heterocycles. The van der Waals surface area contributed by atoms with Crippen LogP contribution in [0.5, 0.6) is 0 Å². The topological polar surface area (TPSA) is 85.5 Å². The first kappa shape index (κ1) is 19.2. The SMILES string of the molecule is CSc1cccc(N2C[C@H](C(=O)OCc3nnc(-c4ccccc4)o3)CC2=O)c1. The number of rotatable bonds is 6. The summed E-state index contributed by atoms with van der Waals surface area (Å²) < 4.78 is 10.9. The van der Waals surface area contributed by atoms with E-state index in [-0.39, 0.29) is 24.8 Å². The van der Waals surface area contributed by atoms with Crippen molar-refractivity contribution in [1.29, 1.82) is 0 Å². The summed E-state index contributed by atoms with van der Waals surface area (Å²) in [6.07, 6.45) is 2.10. The number of esters is 1. The van der Waals surface area contributed by atoms with E-state index in [9.17, 15) is 9.59 Å². The Morgan fingerprint density at radius 2 is 2.03 bits per heavy atom. The summed E-state index contributed by atoms with van der Waals surface area (Å²) in [5, 5.41) is 7.88. The van der Waals surface area contributed by atoms with Crippen LogP contribution in [-0.2, 0) is 20.9 Å². The van der Waals surface area contributed by atoms with Crippen molar-refractivity contribution in [1.82, 2.24) is 10.2 Å². The van der Waals surface area contributed by atoms with Gasteiger partial charge < -0.3 is 14.1 Å². The Hall–Kier alpha value is -3.13. The number of carbonyl (C=O) groups excluding carboxylic acids is 2. The number of aromatic nitrogens is 2. The number of hydrogen-bond donors (Lipinski definition) is 0. The first-order chi connectivity index (χ1) is 14.1. The molecule has 0 radical (unpaired) electrons. The van der Waals surface area contributed by atoms with Gasteiger partial charge in [-0.05, 0) is 36.6 Å². The molecule has 1 fully saturated rings. The highest BCUT2D eigenvalue weighted by Crippen LogP contribution is 2.29. The maximum absolute atomic E-state index is 12.4. The Bertz CT molecular complexity index is 1020. The Morgan fingerprint density at radius 3 is 2.83 bits per heavy atom. The third kappa shape index (κ3) is 4.32. The van der Waals surface area contributed by atoms with Gasteiger partial charge in [0.2, 0.25) is 11.8 Å². The molecule has 1 amide bonds. The lowest BCUT2D eigenvalue weighted by Crippen LogP contribution is -2.26. The van der Waals surface area contributed by atoms with Gasteiger partial charge in [-0.2, -0.15) is 0 Å². The fourth-order valence-corrected chi connectivity index (χ4v) is 3.61. The van der Waals surface area contributed by atoms with Crippen molar-refractivity contribution in [2.75, 3.05) is 17.7 Å². The molecule has 0 aliphatic carbocycles. The van der Waals surface area contributed by atoms with Gasteiger partial charge in [-0.25, -0.2) is 0 Å². The molecule has 1 aliphatic heterocycles. The van der Waals surface area contributed by atoms with E-state index in [0.29, 0.717) is 12.4 Å². The zero-order chi connectivity index (χ0) is 20.2. The van der Waals surface area contributed by atoms with Gasteiger partial charge in [0.15, 0.2) is 6.61 Å². The molecule has 2 heterocycles. The lowest BCUT2D eigenvalue weighted by Gasteiger charge is -2.17. The zero-order valence-corrected chi connectivity index (χ0v) is 16.6. The number of thioether (sulfide) groups is 1. The smallest absolute Gasteiger partial charge is 0.311 e. The molecule has 3 aromatic rings. The molecule has 0 spiro atoms. The van der Waals surface area contributed by atoms with Crippen molar-refractivity contribution in [3.05, 3.63) is 60.5 Å². The maximum atomic E-state index is 12.4. The number of amides is 1. The molecule has 4 rings (SSSR count). The van der Waals surface area contributed by atoms with E-state index in [1.54, 1.807) is 16.7 Å².